The molecule has 4 aliphatic rings. The van der Waals surface area contributed by atoms with Crippen LogP contribution in [0.1, 0.15) is 89.9 Å². The molecule has 6 atom stereocenters. The van der Waals surface area contributed by atoms with Crippen molar-refractivity contribution in [1.29, 1.82) is 0 Å². The molecule has 0 radical (unpaired) electrons. The summed E-state index contributed by atoms with van der Waals surface area (Å²) in [4.78, 5) is 0. The van der Waals surface area contributed by atoms with Crippen molar-refractivity contribution in [2.75, 3.05) is 26.2 Å². The average Bonchev–Trinajstić information content (AvgIpc) is 3.50. The standard InChI is InChI=1S/C25H47N3.3ClH/c26-11-1-12-27-13-2-14-28-25(9-7-23-17-19-3-5-21(23)15-19)10-8-24-18-20-4-6-22(24)16-20;;;/h19-25,27-28H,1-18,26H2;3*1H. The normalized spacial score (nSPS) is 33.6. The fraction of sp³-hybridized carbons (Fsp3) is 1.00. The molecule has 31 heavy (non-hydrogen) atoms. The molecule has 0 spiro atoms. The van der Waals surface area contributed by atoms with E-state index >= 15 is 0 Å². The fourth-order valence-corrected chi connectivity index (χ4v) is 7.51. The minimum Gasteiger partial charge on any atom is -0.330 e. The van der Waals surface area contributed by atoms with Crippen LogP contribution in [0.3, 0.4) is 0 Å². The van der Waals surface area contributed by atoms with Crippen LogP contribution in [0.25, 0.3) is 0 Å². The predicted octanol–water partition coefficient (Wildman–Crippen LogP) is 5.97. The van der Waals surface area contributed by atoms with Gasteiger partial charge in [-0.2, -0.15) is 0 Å². The van der Waals surface area contributed by atoms with E-state index < -0.39 is 0 Å². The Labute approximate surface area is 210 Å². The van der Waals surface area contributed by atoms with Crippen LogP contribution in [-0.2, 0) is 0 Å². The zero-order chi connectivity index (χ0) is 19.2. The summed E-state index contributed by atoms with van der Waals surface area (Å²) in [5.41, 5.74) is 5.57. The van der Waals surface area contributed by atoms with Gasteiger partial charge in [-0.15, -0.1) is 37.2 Å². The smallest absolute Gasteiger partial charge is 0.00672 e. The van der Waals surface area contributed by atoms with Crippen molar-refractivity contribution in [3.63, 3.8) is 0 Å². The van der Waals surface area contributed by atoms with E-state index in [1.807, 2.05) is 0 Å². The molecule has 0 heterocycles. The minimum absolute atomic E-state index is 0. The van der Waals surface area contributed by atoms with Crippen LogP contribution in [0.4, 0.5) is 0 Å². The first-order chi connectivity index (χ1) is 13.8. The molecule has 6 heteroatoms. The molecule has 4 saturated carbocycles. The third kappa shape index (κ3) is 8.80. The fourth-order valence-electron chi connectivity index (χ4n) is 7.51. The van der Waals surface area contributed by atoms with E-state index in [1.54, 1.807) is 51.4 Å². The third-order valence-corrected chi connectivity index (χ3v) is 9.06. The predicted molar refractivity (Wildman–Crippen MR) is 141 cm³/mol. The Morgan fingerprint density at radius 1 is 0.677 bits per heavy atom. The molecule has 4 fully saturated rings. The summed E-state index contributed by atoms with van der Waals surface area (Å²) < 4.78 is 0. The second kappa shape index (κ2) is 15.6. The molecule has 0 aromatic heterocycles. The van der Waals surface area contributed by atoms with Gasteiger partial charge in [0.25, 0.3) is 0 Å². The number of hydrogen-bond acceptors (Lipinski definition) is 3. The van der Waals surface area contributed by atoms with Gasteiger partial charge in [-0.25, -0.2) is 0 Å². The molecule has 6 unspecified atom stereocenters. The summed E-state index contributed by atoms with van der Waals surface area (Å²) >= 11 is 0. The van der Waals surface area contributed by atoms with Gasteiger partial charge in [0.1, 0.15) is 0 Å². The van der Waals surface area contributed by atoms with Crippen LogP contribution in [0.2, 0.25) is 0 Å². The first-order valence-corrected chi connectivity index (χ1v) is 13.0. The van der Waals surface area contributed by atoms with E-state index in [1.165, 1.54) is 38.6 Å². The minimum atomic E-state index is 0. The molecule has 0 saturated heterocycles. The number of nitrogens with two attached hydrogens (primary N) is 1. The zero-order valence-corrected chi connectivity index (χ0v) is 22.0. The van der Waals surface area contributed by atoms with Crippen LogP contribution in [0, 0.1) is 35.5 Å². The lowest BCUT2D eigenvalue weighted by Crippen LogP contribution is -2.33. The van der Waals surface area contributed by atoms with Crippen LogP contribution in [0.15, 0.2) is 0 Å². The highest BCUT2D eigenvalue weighted by atomic mass is 35.5. The van der Waals surface area contributed by atoms with Crippen molar-refractivity contribution in [3.05, 3.63) is 0 Å². The molecule has 4 bridgehead atoms. The van der Waals surface area contributed by atoms with Crippen molar-refractivity contribution < 1.29 is 0 Å². The maximum absolute atomic E-state index is 5.57. The molecular formula is C25H50Cl3N3. The van der Waals surface area contributed by atoms with Gasteiger partial charge in [-0.3, -0.25) is 0 Å². The van der Waals surface area contributed by atoms with E-state index in [9.17, 15) is 0 Å². The Morgan fingerprint density at radius 3 is 1.68 bits per heavy atom. The monoisotopic (exact) mass is 497 g/mol. The molecule has 3 nitrogen and oxygen atoms in total. The van der Waals surface area contributed by atoms with Crippen LogP contribution >= 0.6 is 37.2 Å². The number of fused-ring (bicyclic) bond motifs is 4. The highest BCUT2D eigenvalue weighted by Gasteiger charge is 2.40. The summed E-state index contributed by atoms with van der Waals surface area (Å²) in [6.07, 6.45) is 20.7. The molecular weight excluding hydrogens is 449 g/mol. The molecule has 0 aromatic rings. The van der Waals surface area contributed by atoms with Gasteiger partial charge < -0.3 is 16.4 Å². The topological polar surface area (TPSA) is 50.1 Å². The molecule has 186 valence electrons. The first-order valence-electron chi connectivity index (χ1n) is 13.0. The molecule has 0 aromatic carbocycles. The van der Waals surface area contributed by atoms with Gasteiger partial charge in [0.15, 0.2) is 0 Å². The van der Waals surface area contributed by atoms with E-state index in [0.29, 0.717) is 0 Å². The quantitative estimate of drug-likeness (QED) is 0.258. The Hall–Kier alpha value is 0.750. The lowest BCUT2D eigenvalue weighted by atomic mass is 9.82. The van der Waals surface area contributed by atoms with E-state index in [-0.39, 0.29) is 37.2 Å². The second-order valence-corrected chi connectivity index (χ2v) is 10.9. The molecule has 0 amide bonds. The summed E-state index contributed by atoms with van der Waals surface area (Å²) in [5.74, 6) is 6.56. The summed E-state index contributed by atoms with van der Waals surface area (Å²) in [5, 5.41) is 7.51. The third-order valence-electron chi connectivity index (χ3n) is 9.06. The summed E-state index contributed by atoms with van der Waals surface area (Å²) in [6, 6.07) is 0.780. The second-order valence-electron chi connectivity index (χ2n) is 10.9. The molecule has 4 aliphatic carbocycles. The maximum atomic E-state index is 5.57. The SMILES string of the molecule is Cl.Cl.Cl.NCCCNCCCNC(CCC1CC2CCC1C2)CCC1CC2CCC1C2. The summed E-state index contributed by atoms with van der Waals surface area (Å²) in [7, 11) is 0. The molecule has 4 N–H and O–H groups in total. The van der Waals surface area contributed by atoms with Gasteiger partial charge in [-0.05, 0) is 139 Å². The van der Waals surface area contributed by atoms with Gasteiger partial charge in [0.05, 0.1) is 0 Å². The van der Waals surface area contributed by atoms with Crippen molar-refractivity contribution in [3.8, 4) is 0 Å². The Kier molecular flexibility index (Phi) is 15.0. The number of nitrogens with one attached hydrogen (secondary N) is 2. The van der Waals surface area contributed by atoms with Crippen molar-refractivity contribution >= 4 is 37.2 Å². The Morgan fingerprint density at radius 2 is 1.23 bits per heavy atom. The number of halogens is 3. The summed E-state index contributed by atoms with van der Waals surface area (Å²) in [6.45, 7) is 4.21. The molecule has 0 aliphatic heterocycles. The van der Waals surface area contributed by atoms with Crippen molar-refractivity contribution in [2.45, 2.75) is 95.9 Å². The molecule has 4 rings (SSSR count). The lowest BCUT2D eigenvalue weighted by Gasteiger charge is -2.27. The van der Waals surface area contributed by atoms with Gasteiger partial charge in [-0.1, -0.05) is 12.8 Å². The lowest BCUT2D eigenvalue weighted by molar-refractivity contribution is 0.264. The van der Waals surface area contributed by atoms with Gasteiger partial charge in [0, 0.05) is 6.04 Å². The Bertz CT molecular complexity index is 435. The van der Waals surface area contributed by atoms with Crippen molar-refractivity contribution in [1.82, 2.24) is 10.6 Å². The maximum Gasteiger partial charge on any atom is 0.00672 e. The van der Waals surface area contributed by atoms with E-state index in [0.717, 1.165) is 67.6 Å². The highest BCUT2D eigenvalue weighted by molar-refractivity contribution is 5.86. The van der Waals surface area contributed by atoms with Gasteiger partial charge in [0.2, 0.25) is 0 Å². The average molecular weight is 499 g/mol. The van der Waals surface area contributed by atoms with Crippen molar-refractivity contribution in [2.24, 2.45) is 41.2 Å². The zero-order valence-electron chi connectivity index (χ0n) is 19.6. The number of hydrogen-bond donors (Lipinski definition) is 3. The Balaban J connectivity index is 0.00000160. The van der Waals surface area contributed by atoms with E-state index in [4.69, 9.17) is 5.73 Å². The van der Waals surface area contributed by atoms with Crippen LogP contribution < -0.4 is 16.4 Å². The first kappa shape index (κ1) is 29.8. The van der Waals surface area contributed by atoms with Gasteiger partial charge >= 0.3 is 0 Å². The van der Waals surface area contributed by atoms with E-state index in [2.05, 4.69) is 10.6 Å². The number of rotatable bonds is 14. The van der Waals surface area contributed by atoms with Crippen LogP contribution in [0.5, 0.6) is 0 Å². The highest BCUT2D eigenvalue weighted by Crippen LogP contribution is 2.51. The largest absolute Gasteiger partial charge is 0.330 e. The van der Waals surface area contributed by atoms with Crippen LogP contribution in [-0.4, -0.2) is 32.2 Å².